The third-order valence-electron chi connectivity index (χ3n) is 4.56. The fraction of sp³-hybridized carbons (Fsp3) is 0.238. The van der Waals surface area contributed by atoms with Crippen LogP contribution in [0.4, 0.5) is 0 Å². The third kappa shape index (κ3) is 5.27. The highest BCUT2D eigenvalue weighted by atomic mass is 35.5. The molecule has 158 valence electrons. The molecule has 9 heteroatoms. The molecule has 3 rings (SSSR count). The molecule has 0 spiro atoms. The highest BCUT2D eigenvalue weighted by molar-refractivity contribution is 7.89. The fourth-order valence-electron chi connectivity index (χ4n) is 3.08. The Hall–Kier alpha value is -2.68. The molecule has 1 aliphatic rings. The molecule has 30 heavy (non-hydrogen) atoms. The topological polar surface area (TPSA) is 88.1 Å². The summed E-state index contributed by atoms with van der Waals surface area (Å²) in [5.41, 5.74) is 3.21. The number of hydrazone groups is 1. The molecule has 1 saturated heterocycles. The Morgan fingerprint density at radius 3 is 2.60 bits per heavy atom. The van der Waals surface area contributed by atoms with Crippen molar-refractivity contribution in [2.75, 3.05) is 13.2 Å². The molecule has 1 atom stereocenters. The lowest BCUT2D eigenvalue weighted by Gasteiger charge is -2.22. The quantitative estimate of drug-likeness (QED) is 0.382. The number of ether oxygens (including phenoxy) is 1. The Kier molecular flexibility index (Phi) is 7.25. The van der Waals surface area contributed by atoms with E-state index in [4.69, 9.17) is 16.3 Å². The molecule has 1 fully saturated rings. The summed E-state index contributed by atoms with van der Waals surface area (Å²) < 4.78 is 32.4. The standard InChI is InChI=1S/C21H22ClN3O4S/c1-2-14-29-18-9-5-16(6-10-18)15-23-24-21(26)20-4-3-13-25(20)30(27,28)19-11-7-17(22)8-12-19/h2,5-12,15,20H,1,3-4,13-14H2,(H,24,26)/b23-15-/t20-/m0/s1. The number of hydrogen-bond donors (Lipinski definition) is 1. The normalized spacial score (nSPS) is 17.2. The minimum absolute atomic E-state index is 0.105. The molecular weight excluding hydrogens is 426 g/mol. The van der Waals surface area contributed by atoms with E-state index in [1.54, 1.807) is 30.3 Å². The van der Waals surface area contributed by atoms with Gasteiger partial charge in [-0.05, 0) is 66.9 Å². The Labute approximate surface area is 181 Å². The van der Waals surface area contributed by atoms with Crippen LogP contribution in [-0.2, 0) is 14.8 Å². The predicted octanol–water partition coefficient (Wildman–Crippen LogP) is 3.21. The van der Waals surface area contributed by atoms with Gasteiger partial charge in [0.1, 0.15) is 18.4 Å². The van der Waals surface area contributed by atoms with Crippen molar-refractivity contribution >= 4 is 33.7 Å². The van der Waals surface area contributed by atoms with Crippen LogP contribution in [0, 0.1) is 0 Å². The molecule has 1 N–H and O–H groups in total. The van der Waals surface area contributed by atoms with Crippen molar-refractivity contribution in [1.82, 2.24) is 9.73 Å². The van der Waals surface area contributed by atoms with Crippen LogP contribution >= 0.6 is 11.6 Å². The van der Waals surface area contributed by atoms with Crippen LogP contribution in [0.3, 0.4) is 0 Å². The number of amides is 1. The summed E-state index contributed by atoms with van der Waals surface area (Å²) in [6.07, 6.45) is 4.18. The summed E-state index contributed by atoms with van der Waals surface area (Å²) in [4.78, 5) is 12.7. The van der Waals surface area contributed by atoms with E-state index in [2.05, 4.69) is 17.1 Å². The van der Waals surface area contributed by atoms with Crippen LogP contribution in [-0.4, -0.2) is 44.0 Å². The molecule has 1 amide bonds. The maximum absolute atomic E-state index is 12.9. The number of halogens is 1. The van der Waals surface area contributed by atoms with Crippen LogP contribution in [0.5, 0.6) is 5.75 Å². The van der Waals surface area contributed by atoms with Crippen molar-refractivity contribution in [3.8, 4) is 5.75 Å². The molecule has 0 radical (unpaired) electrons. The Balaban J connectivity index is 1.63. The van der Waals surface area contributed by atoms with Crippen molar-refractivity contribution in [1.29, 1.82) is 0 Å². The zero-order chi connectivity index (χ0) is 21.6. The van der Waals surface area contributed by atoms with Gasteiger partial charge in [0, 0.05) is 11.6 Å². The minimum Gasteiger partial charge on any atom is -0.490 e. The maximum atomic E-state index is 12.9. The van der Waals surface area contributed by atoms with Gasteiger partial charge in [0.05, 0.1) is 11.1 Å². The predicted molar refractivity (Wildman–Crippen MR) is 116 cm³/mol. The SMILES string of the molecule is C=CCOc1ccc(/C=N\NC(=O)[C@@H]2CCCN2S(=O)(=O)c2ccc(Cl)cc2)cc1. The number of carbonyl (C=O) groups excluding carboxylic acids is 1. The second-order valence-electron chi connectivity index (χ2n) is 6.63. The van der Waals surface area contributed by atoms with Crippen LogP contribution in [0.25, 0.3) is 0 Å². The van der Waals surface area contributed by atoms with Crippen LogP contribution in [0.1, 0.15) is 18.4 Å². The van der Waals surface area contributed by atoms with E-state index in [1.807, 2.05) is 0 Å². The van der Waals surface area contributed by atoms with E-state index in [9.17, 15) is 13.2 Å². The summed E-state index contributed by atoms with van der Waals surface area (Å²) in [5, 5.41) is 4.40. The Bertz CT molecular complexity index is 1020. The van der Waals surface area contributed by atoms with Gasteiger partial charge < -0.3 is 4.74 Å². The fourth-order valence-corrected chi connectivity index (χ4v) is 4.86. The number of nitrogens with one attached hydrogen (secondary N) is 1. The van der Waals surface area contributed by atoms with Crippen molar-refractivity contribution in [3.05, 3.63) is 71.8 Å². The molecular formula is C21H22ClN3O4S. The first-order valence-electron chi connectivity index (χ1n) is 9.36. The molecule has 1 aliphatic heterocycles. The largest absolute Gasteiger partial charge is 0.490 e. The second-order valence-corrected chi connectivity index (χ2v) is 8.96. The first-order valence-corrected chi connectivity index (χ1v) is 11.2. The lowest BCUT2D eigenvalue weighted by molar-refractivity contribution is -0.124. The average molecular weight is 448 g/mol. The molecule has 0 bridgehead atoms. The van der Waals surface area contributed by atoms with Crippen LogP contribution in [0.2, 0.25) is 5.02 Å². The molecule has 0 aliphatic carbocycles. The van der Waals surface area contributed by atoms with Gasteiger partial charge in [0.25, 0.3) is 5.91 Å². The molecule has 0 unspecified atom stereocenters. The van der Waals surface area contributed by atoms with E-state index in [-0.39, 0.29) is 11.4 Å². The van der Waals surface area contributed by atoms with Gasteiger partial charge in [-0.15, -0.1) is 0 Å². The van der Waals surface area contributed by atoms with E-state index in [1.165, 1.54) is 34.8 Å². The lowest BCUT2D eigenvalue weighted by Crippen LogP contribution is -2.44. The second kappa shape index (κ2) is 9.88. The average Bonchev–Trinajstić information content (AvgIpc) is 3.24. The number of nitrogens with zero attached hydrogens (tertiary/aromatic N) is 2. The number of carbonyl (C=O) groups is 1. The summed E-state index contributed by atoms with van der Waals surface area (Å²) in [6.45, 7) is 4.28. The van der Waals surface area contributed by atoms with Crippen molar-refractivity contribution < 1.29 is 17.9 Å². The Morgan fingerprint density at radius 1 is 1.23 bits per heavy atom. The summed E-state index contributed by atoms with van der Waals surface area (Å²) in [5.74, 6) is 0.234. The van der Waals surface area contributed by atoms with E-state index >= 15 is 0 Å². The van der Waals surface area contributed by atoms with Gasteiger partial charge in [-0.1, -0.05) is 24.3 Å². The summed E-state index contributed by atoms with van der Waals surface area (Å²) in [7, 11) is -3.80. The van der Waals surface area contributed by atoms with E-state index in [0.717, 1.165) is 5.56 Å². The smallest absolute Gasteiger partial charge is 0.258 e. The highest BCUT2D eigenvalue weighted by Crippen LogP contribution is 2.27. The molecule has 7 nitrogen and oxygen atoms in total. The first-order chi connectivity index (χ1) is 14.4. The zero-order valence-electron chi connectivity index (χ0n) is 16.2. The van der Waals surface area contributed by atoms with Crippen LogP contribution in [0.15, 0.2) is 71.2 Å². The van der Waals surface area contributed by atoms with Crippen molar-refractivity contribution in [2.45, 2.75) is 23.8 Å². The monoisotopic (exact) mass is 447 g/mol. The molecule has 0 aromatic heterocycles. The third-order valence-corrected chi connectivity index (χ3v) is 6.74. The minimum atomic E-state index is -3.80. The van der Waals surface area contributed by atoms with Gasteiger partial charge in [-0.2, -0.15) is 9.41 Å². The van der Waals surface area contributed by atoms with Gasteiger partial charge in [0.2, 0.25) is 10.0 Å². The van der Waals surface area contributed by atoms with Crippen LogP contribution < -0.4 is 10.2 Å². The lowest BCUT2D eigenvalue weighted by atomic mass is 10.2. The number of benzene rings is 2. The van der Waals surface area contributed by atoms with Gasteiger partial charge in [0.15, 0.2) is 0 Å². The molecule has 2 aromatic carbocycles. The van der Waals surface area contributed by atoms with Gasteiger partial charge in [-0.3, -0.25) is 4.79 Å². The summed E-state index contributed by atoms with van der Waals surface area (Å²) in [6, 6.07) is 12.2. The summed E-state index contributed by atoms with van der Waals surface area (Å²) >= 11 is 5.84. The van der Waals surface area contributed by atoms with E-state index in [0.29, 0.717) is 30.2 Å². The molecule has 2 aromatic rings. The van der Waals surface area contributed by atoms with Crippen molar-refractivity contribution in [2.24, 2.45) is 5.10 Å². The first kappa shape index (κ1) is 22.0. The molecule has 0 saturated carbocycles. The van der Waals surface area contributed by atoms with E-state index < -0.39 is 22.0 Å². The number of sulfonamides is 1. The Morgan fingerprint density at radius 2 is 1.93 bits per heavy atom. The highest BCUT2D eigenvalue weighted by Gasteiger charge is 2.39. The molecule has 1 heterocycles. The maximum Gasteiger partial charge on any atom is 0.258 e. The number of rotatable bonds is 8. The number of hydrogen-bond acceptors (Lipinski definition) is 5. The van der Waals surface area contributed by atoms with Crippen molar-refractivity contribution in [3.63, 3.8) is 0 Å². The zero-order valence-corrected chi connectivity index (χ0v) is 17.8. The van der Waals surface area contributed by atoms with Gasteiger partial charge in [-0.25, -0.2) is 13.8 Å². The van der Waals surface area contributed by atoms with Gasteiger partial charge >= 0.3 is 0 Å².